The van der Waals surface area contributed by atoms with Crippen molar-refractivity contribution in [3.05, 3.63) is 57.6 Å². The highest BCUT2D eigenvalue weighted by molar-refractivity contribution is 9.10. The Balaban J connectivity index is 2.20. The summed E-state index contributed by atoms with van der Waals surface area (Å²) in [5, 5.41) is 12.3. The Morgan fingerprint density at radius 3 is 2.70 bits per heavy atom. The molecule has 1 N–H and O–H groups in total. The summed E-state index contributed by atoms with van der Waals surface area (Å²) in [6.07, 6.45) is 0. The van der Waals surface area contributed by atoms with Crippen molar-refractivity contribution in [1.29, 1.82) is 5.26 Å². The summed E-state index contributed by atoms with van der Waals surface area (Å²) in [6, 6.07) is 13.7. The Labute approximate surface area is 127 Å². The van der Waals surface area contributed by atoms with Crippen molar-refractivity contribution in [2.24, 2.45) is 0 Å². The molecule has 3 nitrogen and oxygen atoms in total. The van der Waals surface area contributed by atoms with Gasteiger partial charge in [-0.15, -0.1) is 0 Å². The first kappa shape index (κ1) is 14.4. The highest BCUT2D eigenvalue weighted by Gasteiger charge is 2.06. The molecule has 20 heavy (non-hydrogen) atoms. The van der Waals surface area contributed by atoms with Crippen molar-refractivity contribution in [1.82, 2.24) is 0 Å². The van der Waals surface area contributed by atoms with Gasteiger partial charge in [-0.3, -0.25) is 0 Å². The first-order valence-electron chi connectivity index (χ1n) is 6.21. The number of halogens is 1. The zero-order chi connectivity index (χ0) is 14.5. The lowest BCUT2D eigenvalue weighted by Crippen LogP contribution is -2.03. The summed E-state index contributed by atoms with van der Waals surface area (Å²) in [5.74, 6) is 0.778. The maximum absolute atomic E-state index is 8.97. The number of nitriles is 1. The number of aryl methyl sites for hydroxylation is 1. The minimum atomic E-state index is 0.598. The minimum Gasteiger partial charge on any atom is -0.496 e. The van der Waals surface area contributed by atoms with E-state index in [1.807, 2.05) is 25.1 Å². The molecule has 2 aromatic rings. The standard InChI is InChI=1S/C16H15BrN2O/c1-11-3-5-15(14(17)7-11)19-10-13-8-12(9-18)4-6-16(13)20-2/h3-8,19H,10H2,1-2H3. The van der Waals surface area contributed by atoms with Crippen LogP contribution in [0.2, 0.25) is 0 Å². The van der Waals surface area contributed by atoms with Gasteiger partial charge in [0.2, 0.25) is 0 Å². The number of ether oxygens (including phenoxy) is 1. The van der Waals surface area contributed by atoms with Crippen molar-refractivity contribution in [2.75, 3.05) is 12.4 Å². The highest BCUT2D eigenvalue weighted by atomic mass is 79.9. The number of methoxy groups -OCH3 is 1. The number of rotatable bonds is 4. The van der Waals surface area contributed by atoms with E-state index in [1.165, 1.54) is 5.56 Å². The second-order valence-corrected chi connectivity index (χ2v) is 5.33. The molecule has 0 heterocycles. The van der Waals surface area contributed by atoms with Crippen LogP contribution in [-0.4, -0.2) is 7.11 Å². The van der Waals surface area contributed by atoms with Gasteiger partial charge in [0.15, 0.2) is 0 Å². The van der Waals surface area contributed by atoms with Gasteiger partial charge in [0, 0.05) is 22.3 Å². The molecule has 0 spiro atoms. The first-order valence-corrected chi connectivity index (χ1v) is 7.00. The maximum Gasteiger partial charge on any atom is 0.123 e. The van der Waals surface area contributed by atoms with Crippen LogP contribution in [0.4, 0.5) is 5.69 Å². The minimum absolute atomic E-state index is 0.598. The molecule has 0 bridgehead atoms. The van der Waals surface area contributed by atoms with E-state index in [1.54, 1.807) is 13.2 Å². The molecule has 0 aliphatic carbocycles. The van der Waals surface area contributed by atoms with Crippen LogP contribution in [0.3, 0.4) is 0 Å². The molecule has 0 saturated carbocycles. The van der Waals surface area contributed by atoms with Crippen molar-refractivity contribution in [3.63, 3.8) is 0 Å². The zero-order valence-corrected chi connectivity index (χ0v) is 13.0. The SMILES string of the molecule is COc1ccc(C#N)cc1CNc1ccc(C)cc1Br. The lowest BCUT2D eigenvalue weighted by molar-refractivity contribution is 0.410. The lowest BCUT2D eigenvalue weighted by atomic mass is 10.1. The van der Waals surface area contributed by atoms with Gasteiger partial charge in [-0.1, -0.05) is 6.07 Å². The van der Waals surface area contributed by atoms with Gasteiger partial charge in [0.25, 0.3) is 0 Å². The number of nitrogens with zero attached hydrogens (tertiary/aromatic N) is 1. The third-order valence-corrected chi connectivity index (χ3v) is 3.66. The van der Waals surface area contributed by atoms with Gasteiger partial charge in [-0.25, -0.2) is 0 Å². The third-order valence-electron chi connectivity index (χ3n) is 3.00. The molecule has 2 rings (SSSR count). The molecule has 4 heteroatoms. The van der Waals surface area contributed by atoms with Gasteiger partial charge < -0.3 is 10.1 Å². The number of nitrogens with one attached hydrogen (secondary N) is 1. The molecular weight excluding hydrogens is 316 g/mol. The summed E-state index contributed by atoms with van der Waals surface area (Å²) in [7, 11) is 1.63. The van der Waals surface area contributed by atoms with Gasteiger partial charge in [0.1, 0.15) is 5.75 Å². The van der Waals surface area contributed by atoms with Gasteiger partial charge >= 0.3 is 0 Å². The average Bonchev–Trinajstić information content (AvgIpc) is 2.46. The van der Waals surface area contributed by atoms with Gasteiger partial charge in [-0.05, 0) is 58.7 Å². The van der Waals surface area contributed by atoms with E-state index in [0.717, 1.165) is 21.5 Å². The fourth-order valence-corrected chi connectivity index (χ4v) is 2.57. The number of hydrogen-bond acceptors (Lipinski definition) is 3. The topological polar surface area (TPSA) is 45.0 Å². The van der Waals surface area contributed by atoms with Crippen molar-refractivity contribution in [2.45, 2.75) is 13.5 Å². The Morgan fingerprint density at radius 2 is 2.05 bits per heavy atom. The zero-order valence-electron chi connectivity index (χ0n) is 11.4. The molecule has 0 radical (unpaired) electrons. The Bertz CT molecular complexity index is 662. The normalized spacial score (nSPS) is 9.90. The monoisotopic (exact) mass is 330 g/mol. The summed E-state index contributed by atoms with van der Waals surface area (Å²) >= 11 is 3.54. The van der Waals surface area contributed by atoms with Crippen LogP contribution in [-0.2, 0) is 6.54 Å². The van der Waals surface area contributed by atoms with Crippen molar-refractivity contribution < 1.29 is 4.74 Å². The fourth-order valence-electron chi connectivity index (χ4n) is 1.94. The van der Waals surface area contributed by atoms with Crippen LogP contribution in [0.15, 0.2) is 40.9 Å². The quantitative estimate of drug-likeness (QED) is 0.911. The smallest absolute Gasteiger partial charge is 0.123 e. The maximum atomic E-state index is 8.97. The van der Waals surface area contributed by atoms with Crippen LogP contribution in [0, 0.1) is 18.3 Å². The predicted molar refractivity (Wildman–Crippen MR) is 83.9 cm³/mol. The molecule has 0 saturated heterocycles. The molecule has 0 aliphatic heterocycles. The van der Waals surface area contributed by atoms with E-state index in [2.05, 4.69) is 39.4 Å². The first-order chi connectivity index (χ1) is 9.63. The van der Waals surface area contributed by atoms with Crippen LogP contribution < -0.4 is 10.1 Å². The molecule has 0 unspecified atom stereocenters. The summed E-state index contributed by atoms with van der Waals surface area (Å²) < 4.78 is 6.34. The van der Waals surface area contributed by atoms with E-state index in [4.69, 9.17) is 10.00 Å². The molecule has 0 atom stereocenters. The Kier molecular flexibility index (Phi) is 4.65. The van der Waals surface area contributed by atoms with Crippen molar-refractivity contribution >= 4 is 21.6 Å². The van der Waals surface area contributed by atoms with E-state index in [-0.39, 0.29) is 0 Å². The van der Waals surface area contributed by atoms with Gasteiger partial charge in [-0.2, -0.15) is 5.26 Å². The molecule has 0 amide bonds. The summed E-state index contributed by atoms with van der Waals surface area (Å²) in [5.41, 5.74) is 3.80. The highest BCUT2D eigenvalue weighted by Crippen LogP contribution is 2.26. The number of benzene rings is 2. The number of hydrogen-bond donors (Lipinski definition) is 1. The summed E-state index contributed by atoms with van der Waals surface area (Å²) in [6.45, 7) is 2.65. The second kappa shape index (κ2) is 6.44. The lowest BCUT2D eigenvalue weighted by Gasteiger charge is -2.12. The van der Waals surface area contributed by atoms with Crippen molar-refractivity contribution in [3.8, 4) is 11.8 Å². The average molecular weight is 331 g/mol. The van der Waals surface area contributed by atoms with Crippen LogP contribution in [0.25, 0.3) is 0 Å². The van der Waals surface area contributed by atoms with E-state index in [0.29, 0.717) is 12.1 Å². The van der Waals surface area contributed by atoms with E-state index >= 15 is 0 Å². The molecule has 0 aliphatic rings. The molecule has 0 aromatic heterocycles. The predicted octanol–water partition coefficient (Wildman–Crippen LogP) is 4.25. The van der Waals surface area contributed by atoms with Crippen LogP contribution in [0.5, 0.6) is 5.75 Å². The van der Waals surface area contributed by atoms with E-state index < -0.39 is 0 Å². The Morgan fingerprint density at radius 1 is 1.25 bits per heavy atom. The second-order valence-electron chi connectivity index (χ2n) is 4.48. The van der Waals surface area contributed by atoms with Crippen LogP contribution in [0.1, 0.15) is 16.7 Å². The summed E-state index contributed by atoms with van der Waals surface area (Å²) in [4.78, 5) is 0. The molecular formula is C16H15BrN2O. The third kappa shape index (κ3) is 3.31. The molecule has 102 valence electrons. The molecule has 2 aromatic carbocycles. The number of anilines is 1. The van der Waals surface area contributed by atoms with E-state index in [9.17, 15) is 0 Å². The van der Waals surface area contributed by atoms with Gasteiger partial charge in [0.05, 0.1) is 18.7 Å². The molecule has 0 fully saturated rings. The van der Waals surface area contributed by atoms with Crippen LogP contribution >= 0.6 is 15.9 Å². The Hall–Kier alpha value is -1.99. The largest absolute Gasteiger partial charge is 0.496 e. The fraction of sp³-hybridized carbons (Fsp3) is 0.188.